The summed E-state index contributed by atoms with van der Waals surface area (Å²) in [5, 5.41) is 33.6. The number of benzene rings is 4. The van der Waals surface area contributed by atoms with Gasteiger partial charge in [0.05, 0.1) is 30.7 Å². The zero-order valence-corrected chi connectivity index (χ0v) is 34.1. The monoisotopic (exact) mass is 864 g/mol. The van der Waals surface area contributed by atoms with Crippen LogP contribution in [0, 0.1) is 0 Å². The van der Waals surface area contributed by atoms with E-state index < -0.39 is 54.5 Å². The van der Waals surface area contributed by atoms with Crippen LogP contribution in [0.15, 0.2) is 172 Å². The molecular weight excluding hydrogens is 827 g/mol. The number of nitrogens with zero attached hydrogens (tertiary/aromatic N) is 2. The van der Waals surface area contributed by atoms with Gasteiger partial charge in [-0.3, -0.25) is 24.4 Å². The van der Waals surface area contributed by atoms with Crippen LogP contribution < -0.4 is 15.3 Å². The van der Waals surface area contributed by atoms with Crippen LogP contribution in [-0.2, 0) is 28.8 Å². The maximum absolute atomic E-state index is 10.1. The molecule has 0 fully saturated rings. The van der Waals surface area contributed by atoms with Crippen LogP contribution in [0.3, 0.4) is 0 Å². The average Bonchev–Trinajstić information content (AvgIpc) is 3.21. The minimum absolute atomic E-state index is 0. The number of aliphatic carboxylic acids is 3. The number of carbonyl (C=O) groups excluding carboxylic acids is 6. The summed E-state index contributed by atoms with van der Waals surface area (Å²) in [4.78, 5) is 68.0. The predicted molar refractivity (Wildman–Crippen MR) is 215 cm³/mol. The first-order valence-electron chi connectivity index (χ1n) is 16.7. The Morgan fingerprint density at radius 2 is 0.719 bits per heavy atom. The molecule has 0 spiro atoms. The fraction of sp³-hybridized carbons (Fsp3) is 0.0667. The van der Waals surface area contributed by atoms with E-state index in [0.29, 0.717) is 0 Å². The van der Waals surface area contributed by atoms with Gasteiger partial charge in [-0.2, -0.15) is 0 Å². The van der Waals surface area contributed by atoms with Crippen molar-refractivity contribution in [3.8, 4) is 22.5 Å². The molecule has 2 aromatic heterocycles. The Balaban J connectivity index is 0.000000372. The third kappa shape index (κ3) is 18.4. The molecule has 0 saturated carbocycles. The van der Waals surface area contributed by atoms with Gasteiger partial charge < -0.3 is 29.7 Å². The Labute approximate surface area is 348 Å². The first-order chi connectivity index (χ1) is 26.9. The van der Waals surface area contributed by atoms with Gasteiger partial charge in [0.2, 0.25) is 0 Å². The van der Waals surface area contributed by atoms with E-state index in [2.05, 4.69) is 103 Å². The molecule has 12 heteroatoms. The van der Waals surface area contributed by atoms with Crippen molar-refractivity contribution in [2.75, 3.05) is 0 Å². The fourth-order valence-electron chi connectivity index (χ4n) is 4.53. The van der Waals surface area contributed by atoms with Crippen LogP contribution in [0.4, 0.5) is 0 Å². The molecule has 0 atom stereocenters. The molecule has 0 aliphatic heterocycles. The van der Waals surface area contributed by atoms with Gasteiger partial charge in [-0.1, -0.05) is 129 Å². The zero-order valence-electron chi connectivity index (χ0n) is 30.8. The number of carboxylic acid groups (broad SMARTS) is 3. The first-order valence-corrected chi connectivity index (χ1v) is 16.7. The number of fused-ring (bicyclic) bond motifs is 2. The van der Waals surface area contributed by atoms with Crippen LogP contribution in [0.1, 0.15) is 19.3 Å². The van der Waals surface area contributed by atoms with E-state index in [4.69, 9.17) is 0 Å². The van der Waals surface area contributed by atoms with Gasteiger partial charge in [0.1, 0.15) is 0 Å². The molecule has 2 heterocycles. The smallest absolute Gasteiger partial charge is 0.550 e. The van der Waals surface area contributed by atoms with Crippen molar-refractivity contribution in [3.05, 3.63) is 172 Å². The normalized spacial score (nSPS) is 9.26. The standard InChI is InChI=1S/2C15H11N.3C5H6O3.In/c2*1-2-7-13(8-3-1)15-14-9-5-4-6-12(14)10-11-16-15;3*1-2-4(6)3-5(7)8;/h2*1-11H;3*2H,1,3H2,(H,7,8);/q;;;;;+3/p-3. The SMILES string of the molecule is C=CC(=O)CC(=O)[O-].C=CC(=O)CC(=O)[O-].C=CC(=O)CC(=O)[O-].[In+3].c1ccc(-c2nccc3ccccc23)cc1.c1ccc(-c2nccc3ccccc23)cc1. The number of ketones is 3. The Hall–Kier alpha value is -6.79. The molecule has 4 aromatic carbocycles. The van der Waals surface area contributed by atoms with Crippen molar-refractivity contribution >= 4 is 82.6 Å². The molecule has 0 N–H and O–H groups in total. The second kappa shape index (κ2) is 26.9. The van der Waals surface area contributed by atoms with Crippen LogP contribution in [0.5, 0.6) is 0 Å². The summed E-state index contributed by atoms with van der Waals surface area (Å²) in [5.74, 6) is -5.67. The second-order valence-corrected chi connectivity index (χ2v) is 11.2. The van der Waals surface area contributed by atoms with Crippen LogP contribution in [0.2, 0.25) is 0 Å². The fourth-order valence-corrected chi connectivity index (χ4v) is 4.53. The van der Waals surface area contributed by atoms with Crippen molar-refractivity contribution < 1.29 is 44.1 Å². The Morgan fingerprint density at radius 1 is 0.439 bits per heavy atom. The van der Waals surface area contributed by atoms with Crippen LogP contribution in [0.25, 0.3) is 44.1 Å². The molecule has 11 nitrogen and oxygen atoms in total. The topological polar surface area (TPSA) is 197 Å². The second-order valence-electron chi connectivity index (χ2n) is 11.2. The summed E-state index contributed by atoms with van der Waals surface area (Å²) in [5.41, 5.74) is 4.44. The van der Waals surface area contributed by atoms with Gasteiger partial charge >= 0.3 is 25.8 Å². The molecule has 0 saturated heterocycles. The van der Waals surface area contributed by atoms with Crippen LogP contribution in [-0.4, -0.2) is 71.1 Å². The van der Waals surface area contributed by atoms with Crippen molar-refractivity contribution in [2.45, 2.75) is 19.3 Å². The van der Waals surface area contributed by atoms with E-state index in [-0.39, 0.29) is 25.8 Å². The largest absolute Gasteiger partial charge is 3.00 e. The molecule has 0 bridgehead atoms. The summed E-state index contributed by atoms with van der Waals surface area (Å²) >= 11 is 0. The van der Waals surface area contributed by atoms with Gasteiger partial charge in [-0.05, 0) is 41.1 Å². The molecule has 6 aromatic rings. The first kappa shape index (κ1) is 48.2. The number of aromatic nitrogens is 2. The Morgan fingerprint density at radius 3 is 0.982 bits per heavy atom. The van der Waals surface area contributed by atoms with Crippen molar-refractivity contribution in [2.24, 2.45) is 0 Å². The van der Waals surface area contributed by atoms with Crippen molar-refractivity contribution in [3.63, 3.8) is 0 Å². The third-order valence-corrected chi connectivity index (χ3v) is 7.08. The number of pyridine rings is 2. The number of hydrogen-bond acceptors (Lipinski definition) is 11. The summed E-state index contributed by atoms with van der Waals surface area (Å²) in [6.45, 7) is 9.22. The van der Waals surface area contributed by atoms with E-state index in [1.807, 2.05) is 60.9 Å². The summed E-state index contributed by atoms with van der Waals surface area (Å²) < 4.78 is 0. The zero-order chi connectivity index (χ0) is 41.3. The summed E-state index contributed by atoms with van der Waals surface area (Å²) in [6.07, 6.45) is 4.90. The molecule has 0 aliphatic rings. The summed E-state index contributed by atoms with van der Waals surface area (Å²) in [7, 11) is 0. The molecular formula is C45H37InN2O9. The van der Waals surface area contributed by atoms with Crippen molar-refractivity contribution in [1.82, 2.24) is 9.97 Å². The number of carboxylic acids is 3. The Bertz CT molecular complexity index is 2090. The van der Waals surface area contributed by atoms with E-state index in [0.717, 1.165) is 29.6 Å². The molecule has 0 radical (unpaired) electrons. The maximum Gasteiger partial charge on any atom is 3.00 e. The summed E-state index contributed by atoms with van der Waals surface area (Å²) in [6, 6.07) is 41.3. The molecule has 6 rings (SSSR count). The molecule has 0 amide bonds. The van der Waals surface area contributed by atoms with Gasteiger partial charge in [0.25, 0.3) is 0 Å². The van der Waals surface area contributed by atoms with E-state index in [1.54, 1.807) is 0 Å². The molecule has 0 aliphatic carbocycles. The minimum atomic E-state index is -1.37. The number of rotatable bonds is 11. The van der Waals surface area contributed by atoms with E-state index >= 15 is 0 Å². The maximum atomic E-state index is 10.1. The third-order valence-electron chi connectivity index (χ3n) is 7.08. The van der Waals surface area contributed by atoms with E-state index in [9.17, 15) is 44.1 Å². The Kier molecular flexibility index (Phi) is 22.8. The minimum Gasteiger partial charge on any atom is -0.550 e. The van der Waals surface area contributed by atoms with Crippen LogP contribution >= 0.6 is 0 Å². The average molecular weight is 865 g/mol. The molecule has 57 heavy (non-hydrogen) atoms. The van der Waals surface area contributed by atoms with Gasteiger partial charge in [0, 0.05) is 52.2 Å². The molecule has 0 unspecified atom stereocenters. The number of allylic oxidation sites excluding steroid dienone is 3. The molecule has 284 valence electrons. The van der Waals surface area contributed by atoms with Gasteiger partial charge in [-0.15, -0.1) is 0 Å². The van der Waals surface area contributed by atoms with Gasteiger partial charge in [0.15, 0.2) is 17.3 Å². The van der Waals surface area contributed by atoms with Gasteiger partial charge in [-0.25, -0.2) is 0 Å². The quantitative estimate of drug-likeness (QED) is 0.135. The van der Waals surface area contributed by atoms with E-state index in [1.165, 1.54) is 32.7 Å². The number of carbonyl (C=O) groups is 6. The van der Waals surface area contributed by atoms with Crippen molar-refractivity contribution in [1.29, 1.82) is 0 Å². The number of hydrogen-bond donors (Lipinski definition) is 0. The predicted octanol–water partition coefficient (Wildman–Crippen LogP) is 4.07.